The van der Waals surface area contributed by atoms with Crippen molar-refractivity contribution in [3.63, 3.8) is 0 Å². The minimum Gasteiger partial charge on any atom is -0.350 e. The van der Waals surface area contributed by atoms with Crippen molar-refractivity contribution < 1.29 is 27.2 Å². The monoisotopic (exact) mass is 873 g/mol. The molecule has 2 aliphatic rings. The van der Waals surface area contributed by atoms with Crippen LogP contribution in [0, 0.1) is 35.1 Å². The normalized spacial score (nSPS) is 15.3. The third kappa shape index (κ3) is 13.2. The van der Waals surface area contributed by atoms with Gasteiger partial charge in [0.1, 0.15) is 28.8 Å². The van der Waals surface area contributed by atoms with Crippen LogP contribution < -0.4 is 10.6 Å². The van der Waals surface area contributed by atoms with Gasteiger partial charge in [-0.1, -0.05) is 90.2 Å². The van der Waals surface area contributed by atoms with Crippen LogP contribution in [0.15, 0.2) is 121 Å². The van der Waals surface area contributed by atoms with E-state index >= 15 is 0 Å². The van der Waals surface area contributed by atoms with E-state index in [-0.39, 0.29) is 40.1 Å². The number of aromatic amines is 1. The molecular formula is C49H51F4N9O2. The molecule has 2 fully saturated rings. The number of H-pyrrole nitrogens is 1. The number of hydrogen-bond acceptors (Lipinski definition) is 7. The number of carbonyl (C=O) groups excluding carboxylic acids is 2. The van der Waals surface area contributed by atoms with E-state index in [1.54, 1.807) is 0 Å². The third-order valence-electron chi connectivity index (χ3n) is 11.4. The number of likely N-dealkylation sites (tertiary alicyclic amines) is 2. The topological polar surface area (TPSA) is 124 Å². The Balaban J connectivity index is 0.000000191. The summed E-state index contributed by atoms with van der Waals surface area (Å²) in [6.07, 6.45) is 14.1. The van der Waals surface area contributed by atoms with Gasteiger partial charge in [-0.15, -0.1) is 5.10 Å². The van der Waals surface area contributed by atoms with Gasteiger partial charge in [0, 0.05) is 43.9 Å². The van der Waals surface area contributed by atoms with E-state index in [2.05, 4.69) is 89.5 Å². The fourth-order valence-corrected chi connectivity index (χ4v) is 7.64. The molecule has 8 rings (SSSR count). The van der Waals surface area contributed by atoms with Gasteiger partial charge in [-0.3, -0.25) is 24.5 Å². The predicted molar refractivity (Wildman–Crippen MR) is 239 cm³/mol. The first-order valence-electron chi connectivity index (χ1n) is 21.5. The summed E-state index contributed by atoms with van der Waals surface area (Å²) in [4.78, 5) is 29.7. The van der Waals surface area contributed by atoms with Crippen LogP contribution in [-0.2, 0) is 0 Å². The highest BCUT2D eigenvalue weighted by Gasteiger charge is 2.22. The summed E-state index contributed by atoms with van der Waals surface area (Å²) in [6.45, 7) is 6.95. The summed E-state index contributed by atoms with van der Waals surface area (Å²) in [5.41, 5.74) is 3.20. The Morgan fingerprint density at radius 2 is 1.19 bits per heavy atom. The van der Waals surface area contributed by atoms with E-state index in [0.29, 0.717) is 24.9 Å². The molecule has 0 radical (unpaired) electrons. The molecule has 15 heteroatoms. The Bertz CT molecular complexity index is 2320. The molecule has 2 saturated heterocycles. The summed E-state index contributed by atoms with van der Waals surface area (Å²) < 4.78 is 55.1. The van der Waals surface area contributed by atoms with Crippen LogP contribution in [0.3, 0.4) is 0 Å². The van der Waals surface area contributed by atoms with Gasteiger partial charge in [0.15, 0.2) is 11.5 Å². The molecule has 2 amide bonds. The number of rotatable bonds is 14. The maximum atomic E-state index is 13.9. The Hall–Kier alpha value is -6.71. The van der Waals surface area contributed by atoms with Crippen LogP contribution in [0.2, 0.25) is 0 Å². The second-order valence-corrected chi connectivity index (χ2v) is 16.0. The second kappa shape index (κ2) is 22.6. The van der Waals surface area contributed by atoms with E-state index in [9.17, 15) is 27.2 Å². The molecule has 0 spiro atoms. The number of nitrogens with one attached hydrogen (secondary N) is 3. The van der Waals surface area contributed by atoms with Crippen molar-refractivity contribution in [2.75, 3.05) is 52.4 Å². The standard InChI is InChI=1S/C25H26F2N4O.C24H25F2N5O/c26-20-8-9-21(22(27)15-20)23-16-24(30-29-23)25(32)28-17-19-10-13-31(14-11-19)12-4-7-18-5-2-1-3-6-18;25-20-8-9-23(21(26)15-20)31-17-22(28-29-31)24(32)27-16-19-10-13-30(14-11-19)12-4-7-18-5-2-1-3-6-18/h1-9,15-16,19H,10-14,17H2,(H,28,32)(H,29,30);1-9,15,17,19H,10-14,16H2,(H,27,32)/b2*7-4+. The number of benzene rings is 4. The van der Waals surface area contributed by atoms with E-state index < -0.39 is 23.3 Å². The molecule has 64 heavy (non-hydrogen) atoms. The summed E-state index contributed by atoms with van der Waals surface area (Å²) in [6, 6.07) is 28.4. The summed E-state index contributed by atoms with van der Waals surface area (Å²) >= 11 is 0. The molecule has 2 aromatic heterocycles. The summed E-state index contributed by atoms with van der Waals surface area (Å²) in [5, 5.41) is 20.1. The van der Waals surface area contributed by atoms with Gasteiger partial charge in [0.05, 0.1) is 11.9 Å². The maximum absolute atomic E-state index is 13.9. The maximum Gasteiger partial charge on any atom is 0.273 e. The van der Waals surface area contributed by atoms with Crippen molar-refractivity contribution in [1.29, 1.82) is 0 Å². The lowest BCUT2D eigenvalue weighted by atomic mass is 9.96. The first-order chi connectivity index (χ1) is 31.2. The van der Waals surface area contributed by atoms with Crippen molar-refractivity contribution in [1.82, 2.24) is 45.6 Å². The van der Waals surface area contributed by atoms with E-state index in [0.717, 1.165) is 93.9 Å². The fourth-order valence-electron chi connectivity index (χ4n) is 7.64. The van der Waals surface area contributed by atoms with Gasteiger partial charge >= 0.3 is 0 Å². The summed E-state index contributed by atoms with van der Waals surface area (Å²) in [5.74, 6) is -2.63. The Morgan fingerprint density at radius 3 is 1.73 bits per heavy atom. The molecule has 332 valence electrons. The van der Waals surface area contributed by atoms with Gasteiger partial charge in [0.25, 0.3) is 11.8 Å². The Labute approximate surface area is 369 Å². The molecule has 0 unspecified atom stereocenters. The zero-order chi connectivity index (χ0) is 44.7. The molecule has 3 N–H and O–H groups in total. The lowest BCUT2D eigenvalue weighted by Crippen LogP contribution is -2.38. The average Bonchev–Trinajstić information content (AvgIpc) is 4.01. The largest absolute Gasteiger partial charge is 0.350 e. The van der Waals surface area contributed by atoms with Crippen molar-refractivity contribution in [2.24, 2.45) is 11.8 Å². The van der Waals surface area contributed by atoms with E-state index in [1.165, 1.54) is 35.5 Å². The zero-order valence-electron chi connectivity index (χ0n) is 35.4. The number of nitrogens with zero attached hydrogens (tertiary/aromatic N) is 6. The van der Waals surface area contributed by atoms with Crippen molar-refractivity contribution in [3.05, 3.63) is 167 Å². The minimum atomic E-state index is -0.771. The third-order valence-corrected chi connectivity index (χ3v) is 11.4. The minimum absolute atomic E-state index is 0.0339. The number of amides is 2. The number of aromatic nitrogens is 5. The van der Waals surface area contributed by atoms with E-state index in [4.69, 9.17) is 0 Å². The van der Waals surface area contributed by atoms with Crippen LogP contribution in [0.1, 0.15) is 57.8 Å². The van der Waals surface area contributed by atoms with Crippen LogP contribution in [0.4, 0.5) is 17.6 Å². The van der Waals surface area contributed by atoms with Gasteiger partial charge in [-0.25, -0.2) is 22.2 Å². The average molecular weight is 874 g/mol. The molecule has 11 nitrogen and oxygen atoms in total. The van der Waals surface area contributed by atoms with Gasteiger partial charge in [-0.05, 0) is 105 Å². The molecule has 0 bridgehead atoms. The number of carbonyl (C=O) groups is 2. The van der Waals surface area contributed by atoms with Crippen LogP contribution in [0.5, 0.6) is 0 Å². The molecular weight excluding hydrogens is 823 g/mol. The van der Waals surface area contributed by atoms with Crippen molar-refractivity contribution in [2.45, 2.75) is 25.7 Å². The molecule has 4 heterocycles. The Morgan fingerprint density at radius 1 is 0.656 bits per heavy atom. The van der Waals surface area contributed by atoms with Crippen molar-refractivity contribution in [3.8, 4) is 16.9 Å². The highest BCUT2D eigenvalue weighted by atomic mass is 19.1. The van der Waals surface area contributed by atoms with Crippen LogP contribution in [0.25, 0.3) is 29.1 Å². The Kier molecular flexibility index (Phi) is 16.0. The first kappa shape index (κ1) is 45.3. The molecule has 6 aromatic rings. The van der Waals surface area contributed by atoms with Crippen LogP contribution in [-0.4, -0.2) is 99.2 Å². The lowest BCUT2D eigenvalue weighted by Gasteiger charge is -2.31. The highest BCUT2D eigenvalue weighted by Crippen LogP contribution is 2.23. The first-order valence-corrected chi connectivity index (χ1v) is 21.5. The quantitative estimate of drug-likeness (QED) is 0.0944. The number of piperidine rings is 2. The van der Waals surface area contributed by atoms with Gasteiger partial charge in [-0.2, -0.15) is 5.10 Å². The van der Waals surface area contributed by atoms with Crippen molar-refractivity contribution >= 4 is 24.0 Å². The molecule has 0 aliphatic carbocycles. The number of hydrogen-bond donors (Lipinski definition) is 3. The highest BCUT2D eigenvalue weighted by molar-refractivity contribution is 5.93. The molecule has 4 aromatic carbocycles. The number of halogens is 4. The molecule has 2 aliphatic heterocycles. The smallest absolute Gasteiger partial charge is 0.273 e. The SMILES string of the molecule is O=C(NCC1CCN(C/C=C/c2ccccc2)CC1)c1cc(-c2ccc(F)cc2F)n[nH]1.O=C(NCC1CCN(C/C=C/c2ccccc2)CC1)c1cn(-c2ccc(F)cc2F)nn1. The van der Waals surface area contributed by atoms with Gasteiger partial charge < -0.3 is 10.6 Å². The molecule has 0 saturated carbocycles. The fraction of sp³-hybridized carbons (Fsp3) is 0.286. The second-order valence-electron chi connectivity index (χ2n) is 16.0. The van der Waals surface area contributed by atoms with E-state index in [1.807, 2.05) is 36.4 Å². The zero-order valence-corrected chi connectivity index (χ0v) is 35.4. The lowest BCUT2D eigenvalue weighted by molar-refractivity contribution is 0.0925. The predicted octanol–water partition coefficient (Wildman–Crippen LogP) is 8.21. The summed E-state index contributed by atoms with van der Waals surface area (Å²) in [7, 11) is 0. The van der Waals surface area contributed by atoms with Gasteiger partial charge in [0.2, 0.25) is 0 Å². The molecule has 0 atom stereocenters. The van der Waals surface area contributed by atoms with Crippen LogP contribution >= 0.6 is 0 Å².